The van der Waals surface area contributed by atoms with Crippen LogP contribution in [-0.2, 0) is 0 Å². The molecule has 0 saturated heterocycles. The predicted molar refractivity (Wildman–Crippen MR) is 46.2 cm³/mol. The van der Waals surface area contributed by atoms with E-state index in [1.165, 1.54) is 0 Å². The van der Waals surface area contributed by atoms with Crippen LogP contribution < -0.4 is 11.3 Å². The molecule has 5 heteroatoms. The topological polar surface area (TPSA) is 63.8 Å². The van der Waals surface area contributed by atoms with E-state index in [2.05, 4.69) is 22.3 Å². The van der Waals surface area contributed by atoms with E-state index in [9.17, 15) is 0 Å². The van der Waals surface area contributed by atoms with Gasteiger partial charge in [0.2, 0.25) is 0 Å². The summed E-state index contributed by atoms with van der Waals surface area (Å²) in [4.78, 5) is 8.09. The third kappa shape index (κ3) is 2.36. The second kappa shape index (κ2) is 4.15. The quantitative estimate of drug-likeness (QED) is 0.400. The van der Waals surface area contributed by atoms with E-state index in [1.807, 2.05) is 0 Å². The first-order valence-corrected chi connectivity index (χ1v) is 4.27. The Kier molecular flexibility index (Phi) is 3.13. The third-order valence-corrected chi connectivity index (χ3v) is 1.83. The van der Waals surface area contributed by atoms with Gasteiger partial charge in [-0.3, -0.25) is 4.98 Å². The lowest BCUT2D eigenvalue weighted by molar-refractivity contribution is 1.04. The first kappa shape index (κ1) is 8.29. The van der Waals surface area contributed by atoms with Crippen LogP contribution in [0.3, 0.4) is 0 Å². The van der Waals surface area contributed by atoms with Gasteiger partial charge in [-0.25, -0.2) is 10.8 Å². The molecule has 1 aromatic heterocycles. The second-order valence-electron chi connectivity index (χ2n) is 1.82. The summed E-state index contributed by atoms with van der Waals surface area (Å²) in [6.07, 6.45) is 3.30. The molecule has 0 aliphatic rings. The predicted octanol–water partition coefficient (Wildman–Crippen LogP) is 0.874. The fourth-order valence-corrected chi connectivity index (χ4v) is 1.23. The van der Waals surface area contributed by atoms with Crippen molar-refractivity contribution in [3.05, 3.63) is 12.4 Å². The number of thioether (sulfide) groups is 1. The number of nitrogens with one attached hydrogen (secondary N) is 1. The first-order chi connectivity index (χ1) is 5.36. The molecule has 0 aliphatic carbocycles. The summed E-state index contributed by atoms with van der Waals surface area (Å²) in [6.45, 7) is 2.06. The van der Waals surface area contributed by atoms with Crippen molar-refractivity contribution >= 4 is 17.6 Å². The number of nitrogens with zero attached hydrogens (tertiary/aromatic N) is 2. The molecule has 11 heavy (non-hydrogen) atoms. The van der Waals surface area contributed by atoms with E-state index in [4.69, 9.17) is 5.84 Å². The molecule has 0 aliphatic heterocycles. The molecular weight excluding hydrogens is 160 g/mol. The molecule has 0 aromatic carbocycles. The maximum atomic E-state index is 5.15. The minimum atomic E-state index is 0.600. The van der Waals surface area contributed by atoms with Crippen LogP contribution in [0.1, 0.15) is 6.92 Å². The molecule has 4 nitrogen and oxygen atoms in total. The largest absolute Gasteiger partial charge is 0.307 e. The Bertz CT molecular complexity index is 228. The Morgan fingerprint density at radius 2 is 2.45 bits per heavy atom. The van der Waals surface area contributed by atoms with Gasteiger partial charge in [-0.15, -0.1) is 11.8 Å². The van der Waals surface area contributed by atoms with Gasteiger partial charge in [0.05, 0.1) is 12.4 Å². The summed E-state index contributed by atoms with van der Waals surface area (Å²) < 4.78 is 0. The highest BCUT2D eigenvalue weighted by Crippen LogP contribution is 2.14. The molecule has 1 rings (SSSR count). The molecule has 0 bridgehead atoms. The van der Waals surface area contributed by atoms with Gasteiger partial charge in [0, 0.05) is 0 Å². The molecule has 0 unspecified atom stereocenters. The number of hydrogen-bond acceptors (Lipinski definition) is 5. The second-order valence-corrected chi connectivity index (χ2v) is 3.10. The SMILES string of the molecule is CCSc1cncc(NN)n1. The van der Waals surface area contributed by atoms with Crippen LogP contribution in [0.25, 0.3) is 0 Å². The number of nitrogens with two attached hydrogens (primary N) is 1. The minimum absolute atomic E-state index is 0.600. The van der Waals surface area contributed by atoms with Crippen LogP contribution in [0.5, 0.6) is 0 Å². The lowest BCUT2D eigenvalue weighted by Crippen LogP contribution is -2.08. The van der Waals surface area contributed by atoms with Gasteiger partial charge in [0.25, 0.3) is 0 Å². The molecule has 0 saturated carbocycles. The number of hydrogen-bond donors (Lipinski definition) is 2. The lowest BCUT2D eigenvalue weighted by atomic mass is 10.7. The fraction of sp³-hybridized carbons (Fsp3) is 0.333. The normalized spacial score (nSPS) is 9.64. The number of anilines is 1. The molecule has 0 fully saturated rings. The van der Waals surface area contributed by atoms with E-state index in [1.54, 1.807) is 24.2 Å². The van der Waals surface area contributed by atoms with Crippen molar-refractivity contribution in [1.82, 2.24) is 9.97 Å². The zero-order valence-corrected chi connectivity index (χ0v) is 7.06. The number of aromatic nitrogens is 2. The standard InChI is InChI=1S/C6H10N4S/c1-2-11-6-4-8-3-5(9-6)10-7/h3-4H,2,7H2,1H3,(H,9,10). The Balaban J connectivity index is 2.74. The smallest absolute Gasteiger partial charge is 0.159 e. The molecule has 0 amide bonds. The zero-order valence-electron chi connectivity index (χ0n) is 6.24. The van der Waals surface area contributed by atoms with Gasteiger partial charge in [0.1, 0.15) is 5.03 Å². The Morgan fingerprint density at radius 3 is 3.09 bits per heavy atom. The van der Waals surface area contributed by atoms with Crippen molar-refractivity contribution in [3.8, 4) is 0 Å². The van der Waals surface area contributed by atoms with Gasteiger partial charge in [-0.05, 0) is 5.75 Å². The van der Waals surface area contributed by atoms with E-state index in [0.29, 0.717) is 5.82 Å². The van der Waals surface area contributed by atoms with Crippen LogP contribution >= 0.6 is 11.8 Å². The van der Waals surface area contributed by atoms with Crippen molar-refractivity contribution in [1.29, 1.82) is 0 Å². The van der Waals surface area contributed by atoms with Crippen LogP contribution in [0.15, 0.2) is 17.4 Å². The summed E-state index contributed by atoms with van der Waals surface area (Å²) in [5.74, 6) is 6.74. The molecule has 0 spiro atoms. The van der Waals surface area contributed by atoms with Crippen LogP contribution in [0, 0.1) is 0 Å². The molecule has 3 N–H and O–H groups in total. The highest BCUT2D eigenvalue weighted by atomic mass is 32.2. The maximum Gasteiger partial charge on any atom is 0.159 e. The number of nitrogen functional groups attached to an aromatic ring is 1. The molecule has 60 valence electrons. The van der Waals surface area contributed by atoms with Gasteiger partial charge < -0.3 is 5.43 Å². The summed E-state index contributed by atoms with van der Waals surface area (Å²) in [5, 5.41) is 0.892. The van der Waals surface area contributed by atoms with Gasteiger partial charge >= 0.3 is 0 Å². The molecule has 0 radical (unpaired) electrons. The van der Waals surface area contributed by atoms with E-state index in [0.717, 1.165) is 10.8 Å². The molecular formula is C6H10N4S. The lowest BCUT2D eigenvalue weighted by Gasteiger charge is -1.99. The van der Waals surface area contributed by atoms with Gasteiger partial charge in [-0.1, -0.05) is 6.92 Å². The van der Waals surface area contributed by atoms with E-state index in [-0.39, 0.29) is 0 Å². The third-order valence-electron chi connectivity index (χ3n) is 1.05. The maximum absolute atomic E-state index is 5.15. The highest BCUT2D eigenvalue weighted by molar-refractivity contribution is 7.99. The van der Waals surface area contributed by atoms with E-state index < -0.39 is 0 Å². The van der Waals surface area contributed by atoms with Gasteiger partial charge in [0.15, 0.2) is 5.82 Å². The average molecular weight is 170 g/mol. The summed E-state index contributed by atoms with van der Waals surface area (Å²) >= 11 is 1.64. The highest BCUT2D eigenvalue weighted by Gasteiger charge is 1.94. The Morgan fingerprint density at radius 1 is 1.64 bits per heavy atom. The fourth-order valence-electron chi connectivity index (χ4n) is 0.635. The summed E-state index contributed by atoms with van der Waals surface area (Å²) in [7, 11) is 0. The minimum Gasteiger partial charge on any atom is -0.307 e. The number of rotatable bonds is 3. The molecule has 1 aromatic rings. The van der Waals surface area contributed by atoms with Crippen molar-refractivity contribution in [3.63, 3.8) is 0 Å². The van der Waals surface area contributed by atoms with Crippen molar-refractivity contribution in [2.75, 3.05) is 11.2 Å². The molecule has 0 atom stereocenters. The van der Waals surface area contributed by atoms with Crippen LogP contribution in [-0.4, -0.2) is 15.7 Å². The Labute approximate surface area is 69.6 Å². The first-order valence-electron chi connectivity index (χ1n) is 3.28. The monoisotopic (exact) mass is 170 g/mol. The van der Waals surface area contributed by atoms with E-state index >= 15 is 0 Å². The molecule has 1 heterocycles. The number of hydrazine groups is 1. The van der Waals surface area contributed by atoms with Crippen molar-refractivity contribution < 1.29 is 0 Å². The van der Waals surface area contributed by atoms with Crippen molar-refractivity contribution in [2.24, 2.45) is 5.84 Å². The average Bonchev–Trinajstić information content (AvgIpc) is 2.06. The van der Waals surface area contributed by atoms with Crippen molar-refractivity contribution in [2.45, 2.75) is 11.9 Å². The summed E-state index contributed by atoms with van der Waals surface area (Å²) in [6, 6.07) is 0. The summed E-state index contributed by atoms with van der Waals surface area (Å²) in [5.41, 5.74) is 2.44. The van der Waals surface area contributed by atoms with Crippen LogP contribution in [0.4, 0.5) is 5.82 Å². The Hall–Kier alpha value is -0.810. The van der Waals surface area contributed by atoms with Crippen LogP contribution in [0.2, 0.25) is 0 Å². The zero-order chi connectivity index (χ0) is 8.10. The van der Waals surface area contributed by atoms with Gasteiger partial charge in [-0.2, -0.15) is 0 Å².